The summed E-state index contributed by atoms with van der Waals surface area (Å²) in [5, 5.41) is 5.84. The monoisotopic (exact) mass is 513 g/mol. The number of carbonyl (C=O) groups excluding carboxylic acids is 3. The maximum Gasteiger partial charge on any atom is 0.251 e. The van der Waals surface area contributed by atoms with E-state index in [-0.39, 0.29) is 35.4 Å². The lowest BCUT2D eigenvalue weighted by Gasteiger charge is -2.23. The Morgan fingerprint density at radius 2 is 1.78 bits per heavy atom. The van der Waals surface area contributed by atoms with Gasteiger partial charge in [0.15, 0.2) is 0 Å². The fraction of sp³-hybridized carbons (Fsp3) is 0.552. The van der Waals surface area contributed by atoms with Gasteiger partial charge >= 0.3 is 0 Å². The van der Waals surface area contributed by atoms with Crippen LogP contribution >= 0.6 is 0 Å². The van der Waals surface area contributed by atoms with Gasteiger partial charge in [-0.25, -0.2) is 0 Å². The fourth-order valence-electron chi connectivity index (χ4n) is 4.27. The molecule has 3 atom stereocenters. The lowest BCUT2D eigenvalue weighted by atomic mass is 9.87. The number of nitrogens with one attached hydrogen (secondary N) is 2. The molecule has 0 saturated heterocycles. The molecule has 2 N–H and O–H groups in total. The van der Waals surface area contributed by atoms with E-state index in [0.717, 1.165) is 32.2 Å². The number of hydrogen-bond acceptors (Lipinski definition) is 7. The molecule has 0 spiro atoms. The topological polar surface area (TPSA) is 97.0 Å². The number of nitrogens with zero attached hydrogens (tertiary/aromatic N) is 1. The number of ketones is 2. The number of allylic oxidation sites excluding steroid dienone is 5. The number of hydrogen-bond donors (Lipinski definition) is 2. The molecular weight excluding hydrogens is 470 g/mol. The third kappa shape index (κ3) is 9.54. The van der Waals surface area contributed by atoms with E-state index in [1.54, 1.807) is 33.3 Å². The van der Waals surface area contributed by atoms with Crippen molar-refractivity contribution in [2.75, 3.05) is 41.4 Å². The number of carbonyl (C=O) groups is 3. The molecule has 8 heteroatoms. The van der Waals surface area contributed by atoms with Crippen LogP contribution in [0.2, 0.25) is 0 Å². The zero-order valence-electron chi connectivity index (χ0n) is 23.1. The largest absolute Gasteiger partial charge is 0.380 e. The maximum absolute atomic E-state index is 13.5. The molecule has 8 nitrogen and oxygen atoms in total. The van der Waals surface area contributed by atoms with Crippen molar-refractivity contribution in [2.45, 2.75) is 58.2 Å². The van der Waals surface area contributed by atoms with Crippen molar-refractivity contribution < 1.29 is 23.9 Å². The molecule has 1 amide bonds. The Kier molecular flexibility index (Phi) is 12.7. The van der Waals surface area contributed by atoms with Gasteiger partial charge < -0.3 is 25.0 Å². The zero-order chi connectivity index (χ0) is 27.4. The van der Waals surface area contributed by atoms with E-state index in [1.165, 1.54) is 6.08 Å². The number of fused-ring (bicyclic) bond motifs is 2. The predicted octanol–water partition coefficient (Wildman–Crippen LogP) is 3.23. The van der Waals surface area contributed by atoms with Crippen LogP contribution in [0.4, 0.5) is 0 Å². The number of ether oxygens (including phenoxy) is 2. The predicted molar refractivity (Wildman–Crippen MR) is 146 cm³/mol. The van der Waals surface area contributed by atoms with Crippen LogP contribution in [0.25, 0.3) is 0 Å². The minimum Gasteiger partial charge on any atom is -0.380 e. The van der Waals surface area contributed by atoms with Crippen LogP contribution in [0.3, 0.4) is 0 Å². The van der Waals surface area contributed by atoms with Crippen LogP contribution in [0.5, 0.6) is 0 Å². The van der Waals surface area contributed by atoms with E-state index in [2.05, 4.69) is 23.6 Å². The number of rotatable bonds is 6. The highest BCUT2D eigenvalue weighted by molar-refractivity contribution is 6.23. The highest BCUT2D eigenvalue weighted by Crippen LogP contribution is 2.26. The Morgan fingerprint density at radius 3 is 2.46 bits per heavy atom. The van der Waals surface area contributed by atoms with Crippen molar-refractivity contribution in [3.8, 4) is 0 Å². The summed E-state index contributed by atoms with van der Waals surface area (Å²) in [5.74, 6) is -0.835. The first-order valence-electron chi connectivity index (χ1n) is 13.0. The smallest absolute Gasteiger partial charge is 0.251 e. The molecule has 0 aromatic heterocycles. The Bertz CT molecular complexity index is 974. The van der Waals surface area contributed by atoms with Crippen LogP contribution in [0.1, 0.15) is 46.0 Å². The first kappa shape index (κ1) is 30.4. The Hall–Kier alpha value is -2.81. The van der Waals surface area contributed by atoms with Gasteiger partial charge in [0.05, 0.1) is 11.4 Å². The summed E-state index contributed by atoms with van der Waals surface area (Å²) >= 11 is 0. The molecule has 204 valence electrons. The van der Waals surface area contributed by atoms with E-state index in [9.17, 15) is 14.4 Å². The number of methoxy groups -OCH3 is 2. The quantitative estimate of drug-likeness (QED) is 0.416. The summed E-state index contributed by atoms with van der Waals surface area (Å²) in [6, 6.07) is 0. The van der Waals surface area contributed by atoms with Gasteiger partial charge in [-0.1, -0.05) is 50.1 Å². The van der Waals surface area contributed by atoms with Gasteiger partial charge in [-0.2, -0.15) is 0 Å². The summed E-state index contributed by atoms with van der Waals surface area (Å²) in [7, 11) is 7.16. The molecule has 1 aliphatic carbocycles. The van der Waals surface area contributed by atoms with Crippen molar-refractivity contribution in [1.82, 2.24) is 15.5 Å². The van der Waals surface area contributed by atoms with Crippen molar-refractivity contribution in [2.24, 2.45) is 5.92 Å². The minimum atomic E-state index is -0.441. The van der Waals surface area contributed by atoms with Gasteiger partial charge in [0.2, 0.25) is 11.6 Å². The number of likely N-dealkylation sites (N-methyl/N-ethyl adjacent to an activating group) is 1. The van der Waals surface area contributed by atoms with E-state index < -0.39 is 5.91 Å². The molecule has 1 heterocycles. The van der Waals surface area contributed by atoms with Crippen molar-refractivity contribution in [3.63, 3.8) is 0 Å². The van der Waals surface area contributed by atoms with Crippen molar-refractivity contribution in [3.05, 3.63) is 59.0 Å². The Balaban J connectivity index is 2.36. The molecule has 2 bridgehead atoms. The SMILES string of the molecule is COC1C=CC=C(C)C(=O)NC2=CC(=O)C(NCCN(C)C)=C(CC(C)CCCCC=CC1OC)C2=O. The third-order valence-electron chi connectivity index (χ3n) is 6.52. The van der Waals surface area contributed by atoms with Crippen LogP contribution in [-0.4, -0.2) is 76.0 Å². The normalized spacial score (nSPS) is 24.7. The Morgan fingerprint density at radius 1 is 1.08 bits per heavy atom. The minimum absolute atomic E-state index is 0.0171. The standard InChI is InChI=1S/C29H43N3O5/c1-20-12-9-7-8-10-14-25(36-5)26(37-6)15-11-13-21(2)29(35)31-23-19-24(33)27(22(18-20)28(23)34)30-16-17-32(3)4/h10-11,13-15,19-20,25-26,30H,7-9,12,16-18H2,1-6H3,(H,31,35). The summed E-state index contributed by atoms with van der Waals surface area (Å²) in [6.45, 7) is 5.01. The lowest BCUT2D eigenvalue weighted by Crippen LogP contribution is -2.37. The Labute approximate surface area is 221 Å². The summed E-state index contributed by atoms with van der Waals surface area (Å²) in [6.07, 6.45) is 14.3. The van der Waals surface area contributed by atoms with Crippen LogP contribution in [0.15, 0.2) is 59.0 Å². The second-order valence-electron chi connectivity index (χ2n) is 9.95. The van der Waals surface area contributed by atoms with Gasteiger partial charge in [-0.15, -0.1) is 0 Å². The molecule has 0 radical (unpaired) electrons. The molecule has 0 fully saturated rings. The van der Waals surface area contributed by atoms with Gasteiger partial charge in [0.1, 0.15) is 12.2 Å². The summed E-state index contributed by atoms with van der Waals surface area (Å²) < 4.78 is 11.1. The van der Waals surface area contributed by atoms with Crippen molar-refractivity contribution in [1.29, 1.82) is 0 Å². The van der Waals surface area contributed by atoms with Crippen LogP contribution in [0, 0.1) is 5.92 Å². The van der Waals surface area contributed by atoms with E-state index in [1.807, 2.05) is 31.1 Å². The number of amides is 1. The van der Waals surface area contributed by atoms with Crippen molar-refractivity contribution >= 4 is 17.5 Å². The highest BCUT2D eigenvalue weighted by atomic mass is 16.5. The summed E-state index contributed by atoms with van der Waals surface area (Å²) in [4.78, 5) is 41.3. The first-order chi connectivity index (χ1) is 17.7. The fourth-order valence-corrected chi connectivity index (χ4v) is 4.27. The number of Topliss-reactive ketones (excluding diaryl/α,β-unsaturated/α-hetero) is 1. The maximum atomic E-state index is 13.5. The van der Waals surface area contributed by atoms with E-state index in [0.29, 0.717) is 29.8 Å². The summed E-state index contributed by atoms with van der Waals surface area (Å²) in [5.41, 5.74) is 1.20. The van der Waals surface area contributed by atoms with Crippen LogP contribution < -0.4 is 10.6 Å². The molecule has 37 heavy (non-hydrogen) atoms. The van der Waals surface area contributed by atoms with Gasteiger partial charge in [0.25, 0.3) is 5.91 Å². The second-order valence-corrected chi connectivity index (χ2v) is 9.95. The molecule has 0 saturated carbocycles. The zero-order valence-corrected chi connectivity index (χ0v) is 23.1. The molecule has 2 rings (SSSR count). The average molecular weight is 514 g/mol. The van der Waals surface area contributed by atoms with E-state index in [4.69, 9.17) is 9.47 Å². The van der Waals surface area contributed by atoms with Gasteiger partial charge in [-0.3, -0.25) is 14.4 Å². The molecule has 2 aliphatic rings. The molecule has 0 aromatic carbocycles. The van der Waals surface area contributed by atoms with Gasteiger partial charge in [-0.05, 0) is 46.2 Å². The highest BCUT2D eigenvalue weighted by Gasteiger charge is 2.30. The third-order valence-corrected chi connectivity index (χ3v) is 6.52. The molecular formula is C29H43N3O5. The molecule has 1 aliphatic heterocycles. The van der Waals surface area contributed by atoms with Gasteiger partial charge in [0, 0.05) is 44.5 Å². The molecule has 0 aromatic rings. The average Bonchev–Trinajstić information content (AvgIpc) is 2.85. The lowest BCUT2D eigenvalue weighted by molar-refractivity contribution is -0.120. The van der Waals surface area contributed by atoms with E-state index >= 15 is 0 Å². The molecule has 3 unspecified atom stereocenters. The first-order valence-corrected chi connectivity index (χ1v) is 13.0. The van der Waals surface area contributed by atoms with Crippen LogP contribution in [-0.2, 0) is 23.9 Å². The second kappa shape index (κ2) is 15.4.